The number of nitrogens with zero attached hydrogens (tertiary/aromatic N) is 1. The predicted octanol–water partition coefficient (Wildman–Crippen LogP) is 6.44. The molecular formula is C26H23F6N3O2. The number of nitrogens with one attached hydrogen (secondary N) is 2. The molecule has 0 radical (unpaired) electrons. The molecule has 2 N–H and O–H groups in total. The molecule has 1 aromatic heterocycles. The first-order valence-corrected chi connectivity index (χ1v) is 11.8. The summed E-state index contributed by atoms with van der Waals surface area (Å²) in [6.07, 6.45) is -4.65. The Labute approximate surface area is 207 Å². The van der Waals surface area contributed by atoms with Crippen molar-refractivity contribution >= 4 is 28.2 Å². The van der Waals surface area contributed by atoms with E-state index in [1.54, 1.807) is 7.05 Å². The molecule has 2 aromatic carbocycles. The molecule has 0 spiro atoms. The van der Waals surface area contributed by atoms with E-state index in [-0.39, 0.29) is 11.6 Å². The Balaban J connectivity index is 1.48. The molecule has 0 bridgehead atoms. The number of carbonyl (C=O) groups excluding carboxylic acids is 1. The van der Waals surface area contributed by atoms with Crippen LogP contribution < -0.4 is 15.6 Å². The molecule has 37 heavy (non-hydrogen) atoms. The average Bonchev–Trinajstić information content (AvgIpc) is 3.10. The minimum Gasteiger partial charge on any atom is -0.371 e. The number of anilines is 2. The van der Waals surface area contributed by atoms with Crippen LogP contribution in [0.5, 0.6) is 0 Å². The van der Waals surface area contributed by atoms with Crippen LogP contribution in [0.4, 0.5) is 37.7 Å². The molecule has 3 unspecified atom stereocenters. The Morgan fingerprint density at radius 3 is 2.30 bits per heavy atom. The van der Waals surface area contributed by atoms with Crippen LogP contribution in [0.2, 0.25) is 0 Å². The van der Waals surface area contributed by atoms with Crippen LogP contribution in [0.15, 0.2) is 47.4 Å². The van der Waals surface area contributed by atoms with Crippen LogP contribution in [0.3, 0.4) is 0 Å². The van der Waals surface area contributed by atoms with Gasteiger partial charge in [-0.3, -0.25) is 9.59 Å². The van der Waals surface area contributed by atoms with Crippen molar-refractivity contribution in [2.75, 3.05) is 17.3 Å². The highest BCUT2D eigenvalue weighted by Crippen LogP contribution is 2.49. The van der Waals surface area contributed by atoms with Gasteiger partial charge < -0.3 is 15.2 Å². The van der Waals surface area contributed by atoms with E-state index < -0.39 is 51.5 Å². The average molecular weight is 523 g/mol. The molecule has 0 saturated heterocycles. The van der Waals surface area contributed by atoms with Crippen molar-refractivity contribution in [3.05, 3.63) is 69.5 Å². The Morgan fingerprint density at radius 2 is 1.68 bits per heavy atom. The summed E-state index contributed by atoms with van der Waals surface area (Å²) in [5.74, 6) is -0.175. The van der Waals surface area contributed by atoms with Crippen molar-refractivity contribution < 1.29 is 31.1 Å². The molecule has 2 fully saturated rings. The minimum absolute atomic E-state index is 0.138. The number of pyridine rings is 1. The number of carbonyl (C=O) groups is 1. The molecule has 2 aliphatic carbocycles. The van der Waals surface area contributed by atoms with Gasteiger partial charge in [0.05, 0.1) is 22.2 Å². The first kappa shape index (κ1) is 25.2. The molecule has 3 atom stereocenters. The van der Waals surface area contributed by atoms with Crippen molar-refractivity contribution in [2.45, 2.75) is 44.1 Å². The smallest absolute Gasteiger partial charge is 0.371 e. The van der Waals surface area contributed by atoms with Gasteiger partial charge in [-0.1, -0.05) is 6.07 Å². The summed E-state index contributed by atoms with van der Waals surface area (Å²) < 4.78 is 82.3. The number of amides is 1. The summed E-state index contributed by atoms with van der Waals surface area (Å²) >= 11 is 0. The summed E-state index contributed by atoms with van der Waals surface area (Å²) in [5.41, 5.74) is -4.72. The first-order chi connectivity index (χ1) is 17.4. The van der Waals surface area contributed by atoms with Gasteiger partial charge in [0, 0.05) is 30.5 Å². The number of alkyl halides is 6. The SMILES string of the molecule is CN(c1ccc(NC(=O)c2c[nH]c3cccc(C(F)(F)F)c3c2=O)c(C(F)(F)F)c1)C1CCC2CCC21. The number of benzene rings is 2. The van der Waals surface area contributed by atoms with E-state index in [0.717, 1.165) is 50.1 Å². The lowest BCUT2D eigenvalue weighted by Gasteiger charge is -2.39. The largest absolute Gasteiger partial charge is 0.418 e. The molecule has 1 amide bonds. The highest BCUT2D eigenvalue weighted by Gasteiger charge is 2.44. The summed E-state index contributed by atoms with van der Waals surface area (Å²) in [6, 6.07) is 6.70. The summed E-state index contributed by atoms with van der Waals surface area (Å²) in [6.45, 7) is 0. The van der Waals surface area contributed by atoms with Gasteiger partial charge >= 0.3 is 12.4 Å². The van der Waals surface area contributed by atoms with Gasteiger partial charge in [0.1, 0.15) is 5.56 Å². The van der Waals surface area contributed by atoms with Crippen LogP contribution in [0.25, 0.3) is 10.9 Å². The van der Waals surface area contributed by atoms with Gasteiger partial charge in [0.25, 0.3) is 5.91 Å². The Morgan fingerprint density at radius 1 is 0.973 bits per heavy atom. The molecule has 11 heteroatoms. The third-order valence-corrected chi connectivity index (χ3v) is 7.72. The van der Waals surface area contributed by atoms with Crippen molar-refractivity contribution in [3.63, 3.8) is 0 Å². The van der Waals surface area contributed by atoms with Crippen LogP contribution in [-0.4, -0.2) is 24.0 Å². The predicted molar refractivity (Wildman–Crippen MR) is 127 cm³/mol. The van der Waals surface area contributed by atoms with Crippen LogP contribution in [-0.2, 0) is 12.4 Å². The lowest BCUT2D eigenvalue weighted by molar-refractivity contribution is -0.137. The number of aromatic amines is 1. The van der Waals surface area contributed by atoms with Crippen LogP contribution in [0.1, 0.15) is 47.2 Å². The number of rotatable bonds is 4. The summed E-state index contributed by atoms with van der Waals surface area (Å²) in [4.78, 5) is 30.0. The van der Waals surface area contributed by atoms with Crippen molar-refractivity contribution in [1.82, 2.24) is 4.98 Å². The van der Waals surface area contributed by atoms with Gasteiger partial charge in [-0.05, 0) is 67.9 Å². The standard InChI is InChI=1S/C26H23F6N3O2/c1-35(21-10-6-13-5-8-15(13)21)14-7-9-19(18(11-14)26(30,31)32)34-24(37)16-12-33-20-4-2-3-17(25(27,28)29)22(20)23(16)36/h2-4,7,9,11-13,15,21H,5-6,8,10H2,1H3,(H,33,36)(H,34,37). The number of H-pyrrole nitrogens is 1. The van der Waals surface area contributed by atoms with Crippen LogP contribution >= 0.6 is 0 Å². The number of halogens is 6. The third kappa shape index (κ3) is 4.44. The van der Waals surface area contributed by atoms with E-state index in [4.69, 9.17) is 0 Å². The summed E-state index contributed by atoms with van der Waals surface area (Å²) in [7, 11) is 1.76. The number of fused-ring (bicyclic) bond motifs is 2. The molecule has 5 nitrogen and oxygen atoms in total. The maximum Gasteiger partial charge on any atom is 0.418 e. The van der Waals surface area contributed by atoms with Crippen LogP contribution in [0, 0.1) is 11.8 Å². The van der Waals surface area contributed by atoms with E-state index in [0.29, 0.717) is 23.6 Å². The Hall–Kier alpha value is -3.50. The second-order valence-electron chi connectivity index (χ2n) is 9.70. The van der Waals surface area contributed by atoms with E-state index >= 15 is 0 Å². The van der Waals surface area contributed by atoms with Crippen molar-refractivity contribution in [3.8, 4) is 0 Å². The van der Waals surface area contributed by atoms with Crippen molar-refractivity contribution in [2.24, 2.45) is 11.8 Å². The first-order valence-electron chi connectivity index (χ1n) is 11.8. The van der Waals surface area contributed by atoms with Gasteiger partial charge in [-0.15, -0.1) is 0 Å². The van der Waals surface area contributed by atoms with E-state index in [1.165, 1.54) is 12.1 Å². The monoisotopic (exact) mass is 523 g/mol. The fourth-order valence-corrected chi connectivity index (χ4v) is 5.69. The normalized spacial score (nSPS) is 21.4. The number of hydrogen-bond donors (Lipinski definition) is 2. The van der Waals surface area contributed by atoms with Gasteiger partial charge in [-0.2, -0.15) is 26.3 Å². The zero-order chi connectivity index (χ0) is 26.7. The highest BCUT2D eigenvalue weighted by atomic mass is 19.4. The van der Waals surface area contributed by atoms with E-state index in [9.17, 15) is 35.9 Å². The quantitative estimate of drug-likeness (QED) is 0.387. The number of hydrogen-bond acceptors (Lipinski definition) is 3. The zero-order valence-electron chi connectivity index (χ0n) is 19.6. The molecule has 1 heterocycles. The Bertz CT molecular complexity index is 1430. The summed E-state index contributed by atoms with van der Waals surface area (Å²) in [5, 5.41) is 1.32. The topological polar surface area (TPSA) is 65.2 Å². The van der Waals surface area contributed by atoms with Crippen molar-refractivity contribution in [1.29, 1.82) is 0 Å². The fraction of sp³-hybridized carbons (Fsp3) is 0.385. The fourth-order valence-electron chi connectivity index (χ4n) is 5.69. The maximum atomic E-state index is 14.0. The molecular weight excluding hydrogens is 500 g/mol. The second-order valence-corrected chi connectivity index (χ2v) is 9.70. The molecule has 2 saturated carbocycles. The minimum atomic E-state index is -4.87. The van der Waals surface area contributed by atoms with E-state index in [1.807, 2.05) is 4.90 Å². The van der Waals surface area contributed by atoms with E-state index in [2.05, 4.69) is 10.3 Å². The second kappa shape index (κ2) is 8.81. The van der Waals surface area contributed by atoms with Gasteiger partial charge in [0.2, 0.25) is 5.43 Å². The molecule has 2 aliphatic rings. The highest BCUT2D eigenvalue weighted by molar-refractivity contribution is 6.06. The molecule has 5 rings (SSSR count). The van der Waals surface area contributed by atoms with Gasteiger partial charge in [0.15, 0.2) is 0 Å². The zero-order valence-corrected chi connectivity index (χ0v) is 19.6. The molecule has 0 aliphatic heterocycles. The maximum absolute atomic E-state index is 14.0. The Kier molecular flexibility index (Phi) is 5.99. The lowest BCUT2D eigenvalue weighted by atomic mass is 9.74. The lowest BCUT2D eigenvalue weighted by Crippen LogP contribution is -2.40. The molecule has 3 aromatic rings. The molecule has 196 valence electrons. The number of aromatic nitrogens is 1. The third-order valence-electron chi connectivity index (χ3n) is 7.72. The van der Waals surface area contributed by atoms with Gasteiger partial charge in [-0.25, -0.2) is 0 Å².